The SMILES string of the molecule is Cc1cc(F)c(CC(=N)N)cc1F. The molecule has 0 aliphatic rings. The van der Waals surface area contributed by atoms with E-state index in [4.69, 9.17) is 11.1 Å². The highest BCUT2D eigenvalue weighted by Crippen LogP contribution is 2.14. The fraction of sp³-hybridized carbons (Fsp3) is 0.222. The van der Waals surface area contributed by atoms with E-state index in [1.54, 1.807) is 0 Å². The Morgan fingerprint density at radius 1 is 1.38 bits per heavy atom. The van der Waals surface area contributed by atoms with Crippen molar-refractivity contribution in [1.29, 1.82) is 5.41 Å². The van der Waals surface area contributed by atoms with Crippen molar-refractivity contribution in [3.63, 3.8) is 0 Å². The lowest BCUT2D eigenvalue weighted by Gasteiger charge is -2.03. The molecule has 1 aromatic rings. The van der Waals surface area contributed by atoms with Crippen LogP contribution in [-0.2, 0) is 6.42 Å². The average molecular weight is 184 g/mol. The fourth-order valence-electron chi connectivity index (χ4n) is 1.03. The standard InChI is InChI=1S/C9H10F2N2/c1-5-2-8(11)6(3-7(5)10)4-9(12)13/h2-3H,4H2,1H3,(H3,12,13). The number of nitrogens with one attached hydrogen (secondary N) is 1. The molecule has 0 unspecified atom stereocenters. The summed E-state index contributed by atoms with van der Waals surface area (Å²) in [6, 6.07) is 2.18. The van der Waals surface area contributed by atoms with Crippen molar-refractivity contribution in [2.75, 3.05) is 0 Å². The Balaban J connectivity index is 3.08. The van der Waals surface area contributed by atoms with Gasteiger partial charge in [0.2, 0.25) is 0 Å². The molecule has 0 spiro atoms. The minimum absolute atomic E-state index is 0.0525. The maximum atomic E-state index is 13.1. The summed E-state index contributed by atoms with van der Waals surface area (Å²) in [6.45, 7) is 1.48. The average Bonchev–Trinajstić information content (AvgIpc) is 1.99. The third kappa shape index (κ3) is 2.24. The maximum Gasteiger partial charge on any atom is 0.127 e. The van der Waals surface area contributed by atoms with Crippen molar-refractivity contribution in [3.8, 4) is 0 Å². The molecule has 0 bridgehead atoms. The van der Waals surface area contributed by atoms with Crippen LogP contribution in [0.1, 0.15) is 11.1 Å². The molecule has 1 aromatic carbocycles. The van der Waals surface area contributed by atoms with Crippen molar-refractivity contribution >= 4 is 5.84 Å². The Morgan fingerprint density at radius 2 is 2.00 bits per heavy atom. The lowest BCUT2D eigenvalue weighted by atomic mass is 10.1. The van der Waals surface area contributed by atoms with Gasteiger partial charge in [-0.15, -0.1) is 0 Å². The molecule has 0 amide bonds. The smallest absolute Gasteiger partial charge is 0.127 e. The Kier molecular flexibility index (Phi) is 2.60. The molecular weight excluding hydrogens is 174 g/mol. The first-order valence-electron chi connectivity index (χ1n) is 3.78. The Hall–Kier alpha value is -1.45. The van der Waals surface area contributed by atoms with Gasteiger partial charge in [-0.25, -0.2) is 8.78 Å². The zero-order valence-electron chi connectivity index (χ0n) is 7.20. The molecule has 0 heterocycles. The molecule has 0 aliphatic carbocycles. The number of rotatable bonds is 2. The summed E-state index contributed by atoms with van der Waals surface area (Å²) in [5, 5.41) is 6.94. The molecule has 0 aliphatic heterocycles. The summed E-state index contributed by atoms with van der Waals surface area (Å²) >= 11 is 0. The molecular formula is C9H10F2N2. The van der Waals surface area contributed by atoms with Gasteiger partial charge in [0.05, 0.1) is 5.84 Å². The zero-order chi connectivity index (χ0) is 10.0. The minimum atomic E-state index is -0.519. The van der Waals surface area contributed by atoms with E-state index in [2.05, 4.69) is 0 Å². The van der Waals surface area contributed by atoms with Crippen LogP contribution in [0.4, 0.5) is 8.78 Å². The highest BCUT2D eigenvalue weighted by Gasteiger charge is 2.07. The molecule has 13 heavy (non-hydrogen) atoms. The molecule has 1 rings (SSSR count). The van der Waals surface area contributed by atoms with Crippen LogP contribution >= 0.6 is 0 Å². The number of hydrogen-bond donors (Lipinski definition) is 2. The molecule has 0 saturated heterocycles. The molecule has 0 fully saturated rings. The summed E-state index contributed by atoms with van der Waals surface area (Å²) in [4.78, 5) is 0. The monoisotopic (exact) mass is 184 g/mol. The summed E-state index contributed by atoms with van der Waals surface area (Å²) in [7, 11) is 0. The maximum absolute atomic E-state index is 13.1. The van der Waals surface area contributed by atoms with Gasteiger partial charge in [-0.2, -0.15) is 0 Å². The second-order valence-electron chi connectivity index (χ2n) is 2.89. The number of halogens is 2. The molecule has 2 nitrogen and oxygen atoms in total. The van der Waals surface area contributed by atoms with E-state index < -0.39 is 11.6 Å². The predicted molar refractivity (Wildman–Crippen MR) is 46.7 cm³/mol. The quantitative estimate of drug-likeness (QED) is 0.534. The molecule has 0 atom stereocenters. The van der Waals surface area contributed by atoms with E-state index >= 15 is 0 Å². The highest BCUT2D eigenvalue weighted by molar-refractivity contribution is 5.79. The molecule has 0 aromatic heterocycles. The van der Waals surface area contributed by atoms with Crippen LogP contribution < -0.4 is 5.73 Å². The second-order valence-corrected chi connectivity index (χ2v) is 2.89. The number of amidine groups is 1. The van der Waals surface area contributed by atoms with E-state index in [1.165, 1.54) is 6.92 Å². The van der Waals surface area contributed by atoms with E-state index in [9.17, 15) is 8.78 Å². The first kappa shape index (κ1) is 9.64. The highest BCUT2D eigenvalue weighted by atomic mass is 19.1. The van der Waals surface area contributed by atoms with Gasteiger partial charge in [0.15, 0.2) is 0 Å². The number of hydrogen-bond acceptors (Lipinski definition) is 1. The van der Waals surface area contributed by atoms with Crippen LogP contribution in [0.15, 0.2) is 12.1 Å². The third-order valence-corrected chi connectivity index (χ3v) is 1.71. The van der Waals surface area contributed by atoms with Crippen molar-refractivity contribution in [2.45, 2.75) is 13.3 Å². The lowest BCUT2D eigenvalue weighted by molar-refractivity contribution is 0.583. The molecule has 0 radical (unpaired) electrons. The van der Waals surface area contributed by atoms with Crippen molar-refractivity contribution in [3.05, 3.63) is 34.9 Å². The van der Waals surface area contributed by atoms with Gasteiger partial charge in [-0.3, -0.25) is 5.41 Å². The number of aryl methyl sites for hydroxylation is 1. The summed E-state index contributed by atoms with van der Waals surface area (Å²) in [6.07, 6.45) is -0.0525. The van der Waals surface area contributed by atoms with Crippen molar-refractivity contribution in [2.24, 2.45) is 5.73 Å². The largest absolute Gasteiger partial charge is 0.387 e. The predicted octanol–water partition coefficient (Wildman–Crippen LogP) is 1.75. The van der Waals surface area contributed by atoms with Crippen LogP contribution in [-0.4, -0.2) is 5.84 Å². The van der Waals surface area contributed by atoms with E-state index in [1.807, 2.05) is 0 Å². The number of nitrogens with two attached hydrogens (primary N) is 1. The van der Waals surface area contributed by atoms with Gasteiger partial charge in [0.25, 0.3) is 0 Å². The van der Waals surface area contributed by atoms with Crippen LogP contribution in [0.2, 0.25) is 0 Å². The summed E-state index contributed by atoms with van der Waals surface area (Å²) < 4.78 is 26.0. The molecule has 3 N–H and O–H groups in total. The molecule has 70 valence electrons. The molecule has 0 saturated carbocycles. The first-order chi connectivity index (χ1) is 6.00. The summed E-state index contributed by atoms with van der Waals surface area (Å²) in [5.74, 6) is -1.17. The number of benzene rings is 1. The normalized spacial score (nSPS) is 10.1. The van der Waals surface area contributed by atoms with Crippen molar-refractivity contribution < 1.29 is 8.78 Å². The van der Waals surface area contributed by atoms with Crippen LogP contribution in [0.5, 0.6) is 0 Å². The fourth-order valence-corrected chi connectivity index (χ4v) is 1.03. The van der Waals surface area contributed by atoms with Gasteiger partial charge >= 0.3 is 0 Å². The third-order valence-electron chi connectivity index (χ3n) is 1.71. The van der Waals surface area contributed by atoms with E-state index in [0.29, 0.717) is 0 Å². The topological polar surface area (TPSA) is 49.9 Å². The first-order valence-corrected chi connectivity index (χ1v) is 3.78. The Labute approximate surface area is 74.9 Å². The van der Waals surface area contributed by atoms with Crippen LogP contribution in [0.25, 0.3) is 0 Å². The van der Waals surface area contributed by atoms with Gasteiger partial charge in [-0.05, 0) is 30.2 Å². The Bertz CT molecular complexity index is 348. The lowest BCUT2D eigenvalue weighted by Crippen LogP contribution is -2.14. The zero-order valence-corrected chi connectivity index (χ0v) is 7.20. The Morgan fingerprint density at radius 3 is 2.54 bits per heavy atom. The van der Waals surface area contributed by atoms with E-state index in [-0.39, 0.29) is 23.4 Å². The van der Waals surface area contributed by atoms with Gasteiger partial charge in [-0.1, -0.05) is 0 Å². The van der Waals surface area contributed by atoms with Crippen LogP contribution in [0.3, 0.4) is 0 Å². The molecule has 4 heteroatoms. The van der Waals surface area contributed by atoms with Gasteiger partial charge < -0.3 is 5.73 Å². The summed E-state index contributed by atoms with van der Waals surface area (Å²) in [5.41, 5.74) is 5.45. The van der Waals surface area contributed by atoms with Gasteiger partial charge in [0, 0.05) is 6.42 Å². The van der Waals surface area contributed by atoms with Crippen molar-refractivity contribution in [1.82, 2.24) is 0 Å². The second kappa shape index (κ2) is 3.51. The van der Waals surface area contributed by atoms with Crippen LogP contribution in [0, 0.1) is 24.0 Å². The van der Waals surface area contributed by atoms with E-state index in [0.717, 1.165) is 12.1 Å². The van der Waals surface area contributed by atoms with Gasteiger partial charge in [0.1, 0.15) is 11.6 Å². The minimum Gasteiger partial charge on any atom is -0.387 e.